The molecule has 9 heteroatoms. The van der Waals surface area contributed by atoms with E-state index in [1.54, 1.807) is 11.0 Å². The van der Waals surface area contributed by atoms with Gasteiger partial charge in [0.05, 0.1) is 30.6 Å². The summed E-state index contributed by atoms with van der Waals surface area (Å²) in [6, 6.07) is 7.12. The number of aliphatic hydroxyl groups excluding tert-OH is 1. The van der Waals surface area contributed by atoms with Crippen molar-refractivity contribution in [2.24, 2.45) is 11.8 Å². The van der Waals surface area contributed by atoms with Crippen molar-refractivity contribution in [1.29, 1.82) is 0 Å². The maximum atomic E-state index is 14.2. The fraction of sp³-hybridized carbons (Fsp3) is 0.519. The Morgan fingerprint density at radius 1 is 1.31 bits per heavy atom. The van der Waals surface area contributed by atoms with E-state index >= 15 is 0 Å². The number of esters is 1. The van der Waals surface area contributed by atoms with Crippen molar-refractivity contribution in [2.75, 3.05) is 19.8 Å². The van der Waals surface area contributed by atoms with Crippen molar-refractivity contribution in [3.63, 3.8) is 0 Å². The third kappa shape index (κ3) is 4.11. The zero-order valence-corrected chi connectivity index (χ0v) is 22.2. The highest BCUT2D eigenvalue weighted by molar-refractivity contribution is 9.09. The van der Waals surface area contributed by atoms with Crippen LogP contribution >= 0.6 is 15.9 Å². The van der Waals surface area contributed by atoms with E-state index in [1.165, 1.54) is 11.0 Å². The van der Waals surface area contributed by atoms with Crippen LogP contribution in [0.1, 0.15) is 31.9 Å². The summed E-state index contributed by atoms with van der Waals surface area (Å²) < 4.78 is 11.9. The number of carbonyl (C=O) groups is 3. The summed E-state index contributed by atoms with van der Waals surface area (Å²) in [4.78, 5) is 44.5. The Bertz CT molecular complexity index is 1030. The lowest BCUT2D eigenvalue weighted by Crippen LogP contribution is -2.58. The lowest BCUT2D eigenvalue weighted by atomic mass is 9.70. The maximum Gasteiger partial charge on any atom is 0.312 e. The summed E-state index contributed by atoms with van der Waals surface area (Å²) in [6.45, 7) is 11.1. The smallest absolute Gasteiger partial charge is 0.312 e. The fourth-order valence-corrected chi connectivity index (χ4v) is 7.01. The Labute approximate surface area is 220 Å². The van der Waals surface area contributed by atoms with E-state index in [4.69, 9.17) is 9.47 Å². The van der Waals surface area contributed by atoms with Crippen LogP contribution in [0.2, 0.25) is 0 Å². The minimum absolute atomic E-state index is 0.0126. The van der Waals surface area contributed by atoms with Crippen LogP contribution in [0.5, 0.6) is 0 Å². The van der Waals surface area contributed by atoms with Crippen LogP contribution in [0.15, 0.2) is 55.6 Å². The summed E-state index contributed by atoms with van der Waals surface area (Å²) >= 11 is 3.64. The van der Waals surface area contributed by atoms with Crippen LogP contribution in [-0.4, -0.2) is 81.1 Å². The van der Waals surface area contributed by atoms with Crippen LogP contribution in [0.3, 0.4) is 0 Å². The molecule has 1 N–H and O–H groups in total. The van der Waals surface area contributed by atoms with Crippen LogP contribution in [-0.2, 0) is 23.9 Å². The van der Waals surface area contributed by atoms with E-state index in [-0.39, 0.29) is 35.8 Å². The third-order valence-electron chi connectivity index (χ3n) is 7.50. The third-order valence-corrected chi connectivity index (χ3v) is 8.35. The number of halogens is 1. The second-order valence-corrected chi connectivity index (χ2v) is 11.0. The van der Waals surface area contributed by atoms with Gasteiger partial charge in [0, 0.05) is 17.4 Å². The van der Waals surface area contributed by atoms with E-state index in [2.05, 4.69) is 29.1 Å². The van der Waals surface area contributed by atoms with E-state index < -0.39 is 48.2 Å². The van der Waals surface area contributed by atoms with Crippen molar-refractivity contribution in [3.8, 4) is 0 Å². The van der Waals surface area contributed by atoms with Crippen molar-refractivity contribution in [1.82, 2.24) is 9.80 Å². The normalized spacial score (nSPS) is 31.3. The fourth-order valence-electron chi connectivity index (χ4n) is 6.07. The number of likely N-dealkylation sites (tertiary alicyclic amines) is 1. The molecule has 3 aliphatic heterocycles. The maximum absolute atomic E-state index is 14.2. The van der Waals surface area contributed by atoms with Gasteiger partial charge in [-0.15, -0.1) is 6.58 Å². The van der Waals surface area contributed by atoms with Crippen molar-refractivity contribution < 1.29 is 29.0 Å². The molecule has 3 fully saturated rings. The summed E-state index contributed by atoms with van der Waals surface area (Å²) in [5.74, 6) is -3.02. The Hall–Kier alpha value is -2.49. The number of ether oxygens (including phenoxy) is 2. The first-order valence-electron chi connectivity index (χ1n) is 12.2. The van der Waals surface area contributed by atoms with Crippen molar-refractivity contribution in [2.45, 2.75) is 54.9 Å². The summed E-state index contributed by atoms with van der Waals surface area (Å²) in [7, 11) is 0. The topological polar surface area (TPSA) is 96.4 Å². The molecule has 36 heavy (non-hydrogen) atoms. The molecule has 1 spiro atoms. The highest BCUT2D eigenvalue weighted by Gasteiger charge is 2.77. The number of amides is 2. The molecule has 0 radical (unpaired) electrons. The number of nitrogens with zero attached hydrogens (tertiary/aromatic N) is 2. The van der Waals surface area contributed by atoms with Gasteiger partial charge in [0.1, 0.15) is 18.2 Å². The zero-order valence-electron chi connectivity index (χ0n) is 20.6. The van der Waals surface area contributed by atoms with E-state index in [0.29, 0.717) is 12.0 Å². The monoisotopic (exact) mass is 560 g/mol. The van der Waals surface area contributed by atoms with E-state index in [1.807, 2.05) is 44.2 Å². The second kappa shape index (κ2) is 10.5. The number of aliphatic hydroxyl groups is 1. The van der Waals surface area contributed by atoms with Crippen molar-refractivity contribution >= 4 is 33.7 Å². The number of hydrogen-bond donors (Lipinski definition) is 1. The van der Waals surface area contributed by atoms with Gasteiger partial charge in [0.2, 0.25) is 11.8 Å². The van der Waals surface area contributed by atoms with Crippen LogP contribution in [0.25, 0.3) is 0 Å². The van der Waals surface area contributed by atoms with Gasteiger partial charge in [-0.25, -0.2) is 0 Å². The Morgan fingerprint density at radius 3 is 2.58 bits per heavy atom. The highest BCUT2D eigenvalue weighted by Crippen LogP contribution is 2.61. The Balaban J connectivity index is 1.85. The SMILES string of the molecule is C=CCOC(=O)[C@H]1[C@H]2C(=O)N([C@H](CO)c3ccccc3)C(C(=O)N(CC=C)C(C)C)C23CC(Br)[C@@H]1O3. The number of benzene rings is 1. The molecule has 1 aromatic carbocycles. The molecule has 3 heterocycles. The van der Waals surface area contributed by atoms with Gasteiger partial charge in [-0.3, -0.25) is 14.4 Å². The Kier molecular flexibility index (Phi) is 7.73. The molecule has 3 unspecified atom stereocenters. The highest BCUT2D eigenvalue weighted by atomic mass is 79.9. The minimum Gasteiger partial charge on any atom is -0.461 e. The van der Waals surface area contributed by atoms with Gasteiger partial charge < -0.3 is 24.4 Å². The standard InChI is InChI=1S/C27H33BrN2O6/c1-5-12-29(16(3)4)25(33)23-27-14-18(28)22(36-27)20(26(34)35-13-6-2)21(27)24(32)30(23)19(15-31)17-10-8-7-9-11-17/h5-11,16,18-23,31H,1-2,12-15H2,3-4H3/t18?,19-,20+,21+,22+,23?,27?/m1/s1. The first-order valence-corrected chi connectivity index (χ1v) is 13.1. The molecule has 0 saturated carbocycles. The first-order chi connectivity index (χ1) is 17.2. The van der Waals surface area contributed by atoms with E-state index in [9.17, 15) is 19.5 Å². The molecule has 3 saturated heterocycles. The number of carbonyl (C=O) groups excluding carboxylic acids is 3. The molecule has 194 valence electrons. The largest absolute Gasteiger partial charge is 0.461 e. The van der Waals surface area contributed by atoms with Gasteiger partial charge in [0.15, 0.2) is 0 Å². The summed E-state index contributed by atoms with van der Waals surface area (Å²) in [6.07, 6.45) is 2.88. The predicted molar refractivity (Wildman–Crippen MR) is 137 cm³/mol. The van der Waals surface area contributed by atoms with Crippen molar-refractivity contribution in [3.05, 3.63) is 61.2 Å². The van der Waals surface area contributed by atoms with E-state index in [0.717, 1.165) is 0 Å². The number of fused-ring (bicyclic) bond motifs is 1. The average molecular weight is 561 g/mol. The minimum atomic E-state index is -1.23. The predicted octanol–water partition coefficient (Wildman–Crippen LogP) is 2.62. The summed E-state index contributed by atoms with van der Waals surface area (Å²) in [5.41, 5.74) is -0.542. The van der Waals surface area contributed by atoms with Gasteiger partial charge in [-0.1, -0.05) is 65.0 Å². The molecule has 0 aromatic heterocycles. The molecule has 0 aliphatic carbocycles. The number of hydrogen-bond acceptors (Lipinski definition) is 6. The Morgan fingerprint density at radius 2 is 2.00 bits per heavy atom. The first kappa shape index (κ1) is 26.6. The number of alkyl halides is 1. The molecule has 2 bridgehead atoms. The van der Waals surface area contributed by atoms with Gasteiger partial charge in [0.25, 0.3) is 0 Å². The number of rotatable bonds is 10. The van der Waals surface area contributed by atoms with Gasteiger partial charge >= 0.3 is 5.97 Å². The van der Waals surface area contributed by atoms with Crippen LogP contribution in [0.4, 0.5) is 0 Å². The lowest BCUT2D eigenvalue weighted by molar-refractivity contribution is -0.156. The van der Waals surface area contributed by atoms with Gasteiger partial charge in [-0.05, 0) is 25.8 Å². The second-order valence-electron chi connectivity index (χ2n) is 9.81. The lowest BCUT2D eigenvalue weighted by Gasteiger charge is -2.40. The van der Waals surface area contributed by atoms with Crippen LogP contribution < -0.4 is 0 Å². The molecular weight excluding hydrogens is 528 g/mol. The quantitative estimate of drug-likeness (QED) is 0.268. The molecule has 7 atom stereocenters. The molecule has 4 rings (SSSR count). The molecule has 1 aromatic rings. The summed E-state index contributed by atoms with van der Waals surface area (Å²) in [5, 5.41) is 10.5. The molecule has 3 aliphatic rings. The molecular formula is C27H33BrN2O6. The molecule has 8 nitrogen and oxygen atoms in total. The van der Waals surface area contributed by atoms with Gasteiger partial charge in [-0.2, -0.15) is 0 Å². The average Bonchev–Trinajstić information content (AvgIpc) is 3.45. The molecule has 2 amide bonds. The zero-order chi connectivity index (χ0) is 26.2. The van der Waals surface area contributed by atoms with Crippen LogP contribution in [0, 0.1) is 11.8 Å².